The average molecular weight is 189 g/mol. The summed E-state index contributed by atoms with van der Waals surface area (Å²) in [6.07, 6.45) is 6.16. The van der Waals surface area contributed by atoms with Crippen LogP contribution in [0, 0.1) is 0 Å². The maximum atomic E-state index is 4.14. The summed E-state index contributed by atoms with van der Waals surface area (Å²) in [4.78, 5) is 4.02. The van der Waals surface area contributed by atoms with Gasteiger partial charge in [-0.25, -0.2) is 4.68 Å². The van der Waals surface area contributed by atoms with Gasteiger partial charge in [0.05, 0.1) is 11.7 Å². The summed E-state index contributed by atoms with van der Waals surface area (Å²) in [5.74, 6) is 0. The molecule has 1 unspecified atom stereocenters. The highest BCUT2D eigenvalue weighted by Gasteiger charge is 2.18. The summed E-state index contributed by atoms with van der Waals surface area (Å²) in [6, 6.07) is 1.95. The van der Waals surface area contributed by atoms with E-state index in [1.165, 1.54) is 6.42 Å². The van der Waals surface area contributed by atoms with E-state index in [9.17, 15) is 0 Å². The number of hydrogen-bond acceptors (Lipinski definition) is 4. The second-order valence-corrected chi connectivity index (χ2v) is 3.51. The first-order chi connectivity index (χ1) is 6.95. The van der Waals surface area contributed by atoms with Crippen LogP contribution in [0.2, 0.25) is 0 Å². The molecule has 2 aromatic heterocycles. The third-order valence-corrected chi connectivity index (χ3v) is 2.60. The van der Waals surface area contributed by atoms with E-state index in [2.05, 4.69) is 20.6 Å². The predicted octanol–water partition coefficient (Wildman–Crippen LogP) is 0.708. The molecular formula is C9H11N5. The molecule has 72 valence electrons. The quantitative estimate of drug-likeness (QED) is 0.717. The monoisotopic (exact) mass is 189 g/mol. The van der Waals surface area contributed by atoms with Crippen LogP contribution >= 0.6 is 0 Å². The summed E-state index contributed by atoms with van der Waals surface area (Å²) >= 11 is 0. The molecule has 5 nitrogen and oxygen atoms in total. The van der Waals surface area contributed by atoms with E-state index in [0.717, 1.165) is 24.0 Å². The van der Waals surface area contributed by atoms with E-state index < -0.39 is 0 Å². The summed E-state index contributed by atoms with van der Waals surface area (Å²) in [7, 11) is 0. The van der Waals surface area contributed by atoms with Crippen molar-refractivity contribution >= 4 is 11.0 Å². The first-order valence-electron chi connectivity index (χ1n) is 4.83. The van der Waals surface area contributed by atoms with Crippen LogP contribution in [-0.2, 0) is 0 Å². The molecule has 1 N–H and O–H groups in total. The minimum absolute atomic E-state index is 0.308. The Morgan fingerprint density at radius 2 is 2.50 bits per heavy atom. The van der Waals surface area contributed by atoms with Crippen molar-refractivity contribution in [1.29, 1.82) is 0 Å². The Labute approximate surface area is 81.1 Å². The lowest BCUT2D eigenvalue weighted by Gasteiger charge is -2.10. The zero-order valence-electron chi connectivity index (χ0n) is 7.72. The molecular weight excluding hydrogens is 178 g/mol. The molecule has 3 heterocycles. The second kappa shape index (κ2) is 3.02. The highest BCUT2D eigenvalue weighted by Crippen LogP contribution is 2.19. The minimum atomic E-state index is 0.308. The number of hydrogen-bond donors (Lipinski definition) is 1. The lowest BCUT2D eigenvalue weighted by molar-refractivity contribution is 0.426. The zero-order chi connectivity index (χ0) is 9.38. The van der Waals surface area contributed by atoms with Gasteiger partial charge in [0, 0.05) is 6.20 Å². The third kappa shape index (κ3) is 1.09. The number of pyridine rings is 1. The lowest BCUT2D eigenvalue weighted by atomic mass is 10.3. The van der Waals surface area contributed by atoms with Gasteiger partial charge in [0.2, 0.25) is 0 Å². The van der Waals surface area contributed by atoms with E-state index in [1.807, 2.05) is 10.7 Å². The van der Waals surface area contributed by atoms with E-state index >= 15 is 0 Å². The first-order valence-corrected chi connectivity index (χ1v) is 4.83. The number of rotatable bonds is 1. The molecule has 0 aromatic carbocycles. The van der Waals surface area contributed by atoms with E-state index in [1.54, 1.807) is 12.4 Å². The number of aromatic nitrogens is 4. The zero-order valence-corrected chi connectivity index (χ0v) is 7.72. The number of nitrogens with one attached hydrogen (secondary N) is 1. The van der Waals surface area contributed by atoms with E-state index in [0.29, 0.717) is 6.17 Å². The summed E-state index contributed by atoms with van der Waals surface area (Å²) in [6.45, 7) is 1.07. The van der Waals surface area contributed by atoms with Crippen LogP contribution in [0.1, 0.15) is 19.0 Å². The molecule has 0 saturated carbocycles. The van der Waals surface area contributed by atoms with Crippen LogP contribution < -0.4 is 5.32 Å². The van der Waals surface area contributed by atoms with Gasteiger partial charge in [-0.15, -0.1) is 5.10 Å². The molecule has 1 saturated heterocycles. The first kappa shape index (κ1) is 7.87. The van der Waals surface area contributed by atoms with Gasteiger partial charge >= 0.3 is 0 Å². The number of fused-ring (bicyclic) bond motifs is 1. The van der Waals surface area contributed by atoms with Crippen LogP contribution in [0.3, 0.4) is 0 Å². The van der Waals surface area contributed by atoms with Gasteiger partial charge in [-0.05, 0) is 25.5 Å². The van der Waals surface area contributed by atoms with Gasteiger partial charge in [0.15, 0.2) is 0 Å². The molecule has 0 radical (unpaired) electrons. The smallest absolute Gasteiger partial charge is 0.131 e. The Morgan fingerprint density at radius 1 is 1.50 bits per heavy atom. The van der Waals surface area contributed by atoms with E-state index in [4.69, 9.17) is 0 Å². The van der Waals surface area contributed by atoms with Gasteiger partial charge < -0.3 is 0 Å². The highest BCUT2D eigenvalue weighted by atomic mass is 15.5. The topological polar surface area (TPSA) is 55.6 Å². The molecule has 0 spiro atoms. The summed E-state index contributed by atoms with van der Waals surface area (Å²) in [5, 5.41) is 11.6. The highest BCUT2D eigenvalue weighted by molar-refractivity contribution is 5.72. The van der Waals surface area contributed by atoms with Crippen molar-refractivity contribution in [1.82, 2.24) is 25.3 Å². The molecule has 14 heavy (non-hydrogen) atoms. The van der Waals surface area contributed by atoms with Crippen molar-refractivity contribution in [3.63, 3.8) is 0 Å². The number of nitrogens with zero attached hydrogens (tertiary/aromatic N) is 4. The molecule has 0 aliphatic carbocycles. The maximum Gasteiger partial charge on any atom is 0.131 e. The van der Waals surface area contributed by atoms with Gasteiger partial charge in [-0.3, -0.25) is 10.3 Å². The molecule has 1 atom stereocenters. The lowest BCUT2D eigenvalue weighted by Crippen LogP contribution is -2.20. The SMILES string of the molecule is c1cc2c(cn1)nnn2C1CCCN1. The normalized spacial score (nSPS) is 21.9. The van der Waals surface area contributed by atoms with Gasteiger partial charge in [-0.2, -0.15) is 0 Å². The van der Waals surface area contributed by atoms with Crippen molar-refractivity contribution in [2.45, 2.75) is 19.0 Å². The summed E-state index contributed by atoms with van der Waals surface area (Å²) < 4.78 is 1.95. The van der Waals surface area contributed by atoms with Gasteiger partial charge in [0.1, 0.15) is 11.7 Å². The third-order valence-electron chi connectivity index (χ3n) is 2.60. The fourth-order valence-electron chi connectivity index (χ4n) is 1.90. The molecule has 0 bridgehead atoms. The van der Waals surface area contributed by atoms with Crippen LogP contribution in [-0.4, -0.2) is 26.5 Å². The Bertz CT molecular complexity index is 443. The molecule has 1 fully saturated rings. The van der Waals surface area contributed by atoms with Crippen molar-refractivity contribution in [3.8, 4) is 0 Å². The molecule has 3 rings (SSSR count). The Hall–Kier alpha value is -1.49. The Morgan fingerprint density at radius 3 is 3.36 bits per heavy atom. The standard InChI is InChI=1S/C9H11N5/c1-2-9(11-4-1)14-8-3-5-10-6-7(8)12-13-14/h3,5-6,9,11H,1-2,4H2. The molecule has 2 aromatic rings. The van der Waals surface area contributed by atoms with E-state index in [-0.39, 0.29) is 0 Å². The fourth-order valence-corrected chi connectivity index (χ4v) is 1.90. The molecule has 5 heteroatoms. The predicted molar refractivity (Wildman–Crippen MR) is 51.6 cm³/mol. The Kier molecular flexibility index (Phi) is 1.70. The van der Waals surface area contributed by atoms with Crippen LogP contribution in [0.5, 0.6) is 0 Å². The molecule has 0 amide bonds. The fraction of sp³-hybridized carbons (Fsp3) is 0.444. The van der Waals surface area contributed by atoms with Crippen molar-refractivity contribution in [2.75, 3.05) is 6.54 Å². The largest absolute Gasteiger partial charge is 0.296 e. The average Bonchev–Trinajstić information content (AvgIpc) is 2.85. The molecule has 1 aliphatic heterocycles. The Balaban J connectivity index is 2.11. The van der Waals surface area contributed by atoms with Crippen LogP contribution in [0.15, 0.2) is 18.5 Å². The maximum absolute atomic E-state index is 4.14. The van der Waals surface area contributed by atoms with Gasteiger partial charge in [0.25, 0.3) is 0 Å². The minimum Gasteiger partial charge on any atom is -0.296 e. The van der Waals surface area contributed by atoms with Crippen molar-refractivity contribution in [3.05, 3.63) is 18.5 Å². The van der Waals surface area contributed by atoms with Crippen molar-refractivity contribution < 1.29 is 0 Å². The van der Waals surface area contributed by atoms with Crippen LogP contribution in [0.25, 0.3) is 11.0 Å². The van der Waals surface area contributed by atoms with Crippen molar-refractivity contribution in [2.24, 2.45) is 0 Å². The second-order valence-electron chi connectivity index (χ2n) is 3.51. The molecule has 1 aliphatic rings. The van der Waals surface area contributed by atoms with Crippen LogP contribution in [0.4, 0.5) is 0 Å². The van der Waals surface area contributed by atoms with Gasteiger partial charge in [-0.1, -0.05) is 5.21 Å². The summed E-state index contributed by atoms with van der Waals surface area (Å²) in [5.41, 5.74) is 1.92.